The summed E-state index contributed by atoms with van der Waals surface area (Å²) < 4.78 is 12.1. The lowest BCUT2D eigenvalue weighted by atomic mass is 10.2. The normalized spacial score (nSPS) is 10.6. The topological polar surface area (TPSA) is 95.3 Å². The van der Waals surface area contributed by atoms with E-state index >= 15 is 0 Å². The Labute approximate surface area is 156 Å². The minimum absolute atomic E-state index is 0.319. The largest absolute Gasteiger partial charge is 0.494 e. The minimum atomic E-state index is -0.593. The second-order valence-electron chi connectivity index (χ2n) is 5.69. The molecule has 8 heteroatoms. The maximum absolute atomic E-state index is 12.2. The highest BCUT2D eigenvalue weighted by molar-refractivity contribution is 5.97. The van der Waals surface area contributed by atoms with Crippen LogP contribution in [0.3, 0.4) is 0 Å². The van der Waals surface area contributed by atoms with Crippen molar-refractivity contribution in [2.75, 3.05) is 18.5 Å². The first-order chi connectivity index (χ1) is 13.1. The third kappa shape index (κ3) is 4.41. The summed E-state index contributed by atoms with van der Waals surface area (Å²) in [5.41, 5.74) is 2.35. The fraction of sp³-hybridized carbons (Fsp3) is 0.263. The van der Waals surface area contributed by atoms with Crippen molar-refractivity contribution in [2.45, 2.75) is 20.4 Å². The number of ether oxygens (including phenoxy) is 2. The number of aromatic nitrogens is 3. The van der Waals surface area contributed by atoms with Crippen LogP contribution in [0.1, 0.15) is 24.2 Å². The molecule has 0 radical (unpaired) electrons. The van der Waals surface area contributed by atoms with Crippen LogP contribution in [0.4, 0.5) is 5.69 Å². The number of amides is 1. The van der Waals surface area contributed by atoms with Crippen molar-refractivity contribution in [1.82, 2.24) is 15.0 Å². The number of hydrogen-bond acceptors (Lipinski definition) is 6. The number of aryl methyl sites for hydroxylation is 1. The van der Waals surface area contributed by atoms with Gasteiger partial charge >= 0.3 is 5.97 Å². The van der Waals surface area contributed by atoms with E-state index in [1.54, 1.807) is 47.1 Å². The Morgan fingerprint density at radius 1 is 1.11 bits per heavy atom. The summed E-state index contributed by atoms with van der Waals surface area (Å²) in [6.07, 6.45) is 0. The quantitative estimate of drug-likeness (QED) is 0.644. The Morgan fingerprint density at radius 3 is 2.59 bits per heavy atom. The van der Waals surface area contributed by atoms with Gasteiger partial charge in [0.15, 0.2) is 6.61 Å². The smallest absolute Gasteiger partial charge is 0.338 e. The van der Waals surface area contributed by atoms with Crippen LogP contribution in [0.2, 0.25) is 0 Å². The van der Waals surface area contributed by atoms with Gasteiger partial charge in [-0.1, -0.05) is 5.21 Å². The fourth-order valence-electron chi connectivity index (χ4n) is 2.55. The Hall–Kier alpha value is -3.42. The van der Waals surface area contributed by atoms with Crippen molar-refractivity contribution in [3.63, 3.8) is 0 Å². The van der Waals surface area contributed by atoms with Crippen molar-refractivity contribution in [3.8, 4) is 5.75 Å². The summed E-state index contributed by atoms with van der Waals surface area (Å²) in [5.74, 6) is -0.298. The van der Waals surface area contributed by atoms with Crippen molar-refractivity contribution >= 4 is 28.6 Å². The average Bonchev–Trinajstić information content (AvgIpc) is 3.10. The van der Waals surface area contributed by atoms with Crippen LogP contribution < -0.4 is 10.1 Å². The number of carbonyl (C=O) groups is 2. The number of esters is 1. The summed E-state index contributed by atoms with van der Waals surface area (Å²) in [7, 11) is 0. The third-order valence-corrected chi connectivity index (χ3v) is 3.83. The fourth-order valence-corrected chi connectivity index (χ4v) is 2.55. The van der Waals surface area contributed by atoms with Crippen molar-refractivity contribution < 1.29 is 19.1 Å². The van der Waals surface area contributed by atoms with Gasteiger partial charge in [0.05, 0.1) is 17.7 Å². The first kappa shape index (κ1) is 18.4. The number of anilines is 1. The summed E-state index contributed by atoms with van der Waals surface area (Å²) in [4.78, 5) is 24.1. The lowest BCUT2D eigenvalue weighted by Crippen LogP contribution is -2.20. The van der Waals surface area contributed by atoms with Gasteiger partial charge in [0.2, 0.25) is 0 Å². The molecule has 0 saturated carbocycles. The van der Waals surface area contributed by atoms with Crippen LogP contribution in [0.5, 0.6) is 5.75 Å². The second kappa shape index (κ2) is 8.31. The molecule has 1 aromatic heterocycles. The first-order valence-electron chi connectivity index (χ1n) is 8.63. The molecular formula is C19H20N4O4. The summed E-state index contributed by atoms with van der Waals surface area (Å²) in [6.45, 7) is 4.73. The number of carbonyl (C=O) groups excluding carboxylic acids is 2. The van der Waals surface area contributed by atoms with E-state index in [2.05, 4.69) is 15.6 Å². The number of nitrogens with zero attached hydrogens (tertiary/aromatic N) is 3. The maximum atomic E-state index is 12.2. The lowest BCUT2D eigenvalue weighted by Gasteiger charge is -2.08. The molecule has 1 N–H and O–H groups in total. The highest BCUT2D eigenvalue weighted by Gasteiger charge is 2.13. The maximum Gasteiger partial charge on any atom is 0.338 e. The van der Waals surface area contributed by atoms with Gasteiger partial charge in [-0.25, -0.2) is 9.48 Å². The van der Waals surface area contributed by atoms with Gasteiger partial charge in [0, 0.05) is 12.2 Å². The molecule has 1 heterocycles. The van der Waals surface area contributed by atoms with Gasteiger partial charge in [0.25, 0.3) is 5.91 Å². The van der Waals surface area contributed by atoms with E-state index in [-0.39, 0.29) is 6.61 Å². The highest BCUT2D eigenvalue weighted by Crippen LogP contribution is 2.16. The number of hydrogen-bond donors (Lipinski definition) is 1. The molecule has 2 aromatic carbocycles. The van der Waals surface area contributed by atoms with Crippen LogP contribution in [-0.4, -0.2) is 40.1 Å². The van der Waals surface area contributed by atoms with Crippen molar-refractivity contribution in [2.24, 2.45) is 0 Å². The molecule has 0 bridgehead atoms. The zero-order valence-corrected chi connectivity index (χ0v) is 15.1. The highest BCUT2D eigenvalue weighted by atomic mass is 16.5. The average molecular weight is 368 g/mol. The van der Waals surface area contributed by atoms with Crippen molar-refractivity contribution in [1.29, 1.82) is 0 Å². The Bertz CT molecular complexity index is 950. The van der Waals surface area contributed by atoms with Gasteiger partial charge in [0.1, 0.15) is 11.3 Å². The van der Waals surface area contributed by atoms with Gasteiger partial charge in [-0.2, -0.15) is 0 Å². The van der Waals surface area contributed by atoms with E-state index in [0.29, 0.717) is 29.9 Å². The van der Waals surface area contributed by atoms with E-state index in [4.69, 9.17) is 9.47 Å². The van der Waals surface area contributed by atoms with E-state index in [9.17, 15) is 9.59 Å². The summed E-state index contributed by atoms with van der Waals surface area (Å²) in [6, 6.07) is 11.9. The van der Waals surface area contributed by atoms with Crippen LogP contribution in [0.25, 0.3) is 11.0 Å². The lowest BCUT2D eigenvalue weighted by molar-refractivity contribution is -0.119. The Morgan fingerprint density at radius 2 is 1.89 bits per heavy atom. The molecule has 8 nitrogen and oxygen atoms in total. The number of fused-ring (bicyclic) bond motifs is 1. The van der Waals surface area contributed by atoms with E-state index in [0.717, 1.165) is 11.3 Å². The third-order valence-electron chi connectivity index (χ3n) is 3.83. The molecular weight excluding hydrogens is 348 g/mol. The van der Waals surface area contributed by atoms with E-state index in [1.165, 1.54) is 0 Å². The Balaban J connectivity index is 1.55. The molecule has 0 spiro atoms. The second-order valence-corrected chi connectivity index (χ2v) is 5.69. The van der Waals surface area contributed by atoms with Gasteiger partial charge in [-0.3, -0.25) is 4.79 Å². The summed E-state index contributed by atoms with van der Waals surface area (Å²) >= 11 is 0. The molecule has 0 aliphatic rings. The van der Waals surface area contributed by atoms with Crippen LogP contribution in [0, 0.1) is 0 Å². The van der Waals surface area contributed by atoms with Gasteiger partial charge in [-0.05, 0) is 56.3 Å². The minimum Gasteiger partial charge on any atom is -0.494 e. The van der Waals surface area contributed by atoms with Gasteiger partial charge < -0.3 is 14.8 Å². The standard InChI is InChI=1S/C19H20N4O4/c1-3-23-17-10-5-13(11-16(17)21-22-23)19(25)27-12-18(24)20-14-6-8-15(9-7-14)26-4-2/h5-11H,3-4,12H2,1-2H3,(H,20,24). The molecule has 0 aliphatic heterocycles. The monoisotopic (exact) mass is 368 g/mol. The molecule has 0 saturated heterocycles. The zero-order chi connectivity index (χ0) is 19.2. The number of rotatable bonds is 7. The molecule has 0 unspecified atom stereocenters. The van der Waals surface area contributed by atoms with E-state index in [1.807, 2.05) is 13.8 Å². The van der Waals surface area contributed by atoms with E-state index < -0.39 is 11.9 Å². The zero-order valence-electron chi connectivity index (χ0n) is 15.1. The van der Waals surface area contributed by atoms with Crippen LogP contribution in [-0.2, 0) is 16.1 Å². The van der Waals surface area contributed by atoms with Crippen LogP contribution in [0.15, 0.2) is 42.5 Å². The first-order valence-corrected chi connectivity index (χ1v) is 8.63. The Kier molecular flexibility index (Phi) is 5.65. The predicted molar refractivity (Wildman–Crippen MR) is 99.7 cm³/mol. The molecule has 140 valence electrons. The van der Waals surface area contributed by atoms with Crippen molar-refractivity contribution in [3.05, 3.63) is 48.0 Å². The molecule has 0 atom stereocenters. The SMILES string of the molecule is CCOc1ccc(NC(=O)COC(=O)c2ccc3c(c2)nnn3CC)cc1. The molecule has 27 heavy (non-hydrogen) atoms. The number of benzene rings is 2. The molecule has 0 fully saturated rings. The molecule has 1 amide bonds. The van der Waals surface area contributed by atoms with Gasteiger partial charge in [-0.15, -0.1) is 5.10 Å². The van der Waals surface area contributed by atoms with Crippen LogP contribution >= 0.6 is 0 Å². The molecule has 0 aliphatic carbocycles. The molecule has 3 aromatic rings. The predicted octanol–water partition coefficient (Wildman–Crippen LogP) is 2.65. The summed E-state index contributed by atoms with van der Waals surface area (Å²) in [5, 5.41) is 10.7. The number of nitrogens with one attached hydrogen (secondary N) is 1. The molecule has 3 rings (SSSR count).